The van der Waals surface area contributed by atoms with Crippen LogP contribution in [0.5, 0.6) is 11.5 Å². The first-order chi connectivity index (χ1) is 17.9. The predicted molar refractivity (Wildman–Crippen MR) is 147 cm³/mol. The number of benzene rings is 3. The van der Waals surface area contributed by atoms with E-state index in [0.717, 1.165) is 57.6 Å². The molecule has 3 aromatic carbocycles. The summed E-state index contributed by atoms with van der Waals surface area (Å²) in [6, 6.07) is 17.9. The summed E-state index contributed by atoms with van der Waals surface area (Å²) < 4.78 is 11.2. The molecule has 8 nitrogen and oxygen atoms in total. The molecule has 2 aliphatic heterocycles. The Labute approximate surface area is 217 Å². The fourth-order valence-corrected chi connectivity index (χ4v) is 4.78. The van der Waals surface area contributed by atoms with Crippen LogP contribution in [-0.2, 0) is 4.79 Å². The molecular weight excluding hydrogens is 466 g/mol. The van der Waals surface area contributed by atoms with E-state index < -0.39 is 0 Å². The molecule has 0 aromatic heterocycles. The van der Waals surface area contributed by atoms with Gasteiger partial charge in [0.25, 0.3) is 0 Å². The second-order valence-electron chi connectivity index (χ2n) is 9.59. The van der Waals surface area contributed by atoms with Crippen LogP contribution in [0.25, 0.3) is 11.1 Å². The number of nitrogen functional groups attached to an aromatic ring is 1. The van der Waals surface area contributed by atoms with Crippen molar-refractivity contribution in [3.63, 3.8) is 0 Å². The maximum absolute atomic E-state index is 11.4. The number of quaternary nitrogens is 1. The lowest BCUT2D eigenvalue weighted by atomic mass is 9.97. The lowest BCUT2D eigenvalue weighted by molar-refractivity contribution is -0.506. The molecule has 0 bridgehead atoms. The van der Waals surface area contributed by atoms with E-state index in [4.69, 9.17) is 14.5 Å². The third-order valence-corrected chi connectivity index (χ3v) is 6.68. The average Bonchev–Trinajstić information content (AvgIpc) is 3.40. The number of nitrogens with two attached hydrogens (primary N) is 1. The maximum Gasteiger partial charge on any atom is 0.329 e. The highest BCUT2D eigenvalue weighted by Crippen LogP contribution is 2.37. The zero-order chi connectivity index (χ0) is 25.8. The minimum Gasteiger partial charge on any atom is -0.492 e. The highest BCUT2D eigenvalue weighted by molar-refractivity contribution is 5.93. The van der Waals surface area contributed by atoms with Crippen molar-refractivity contribution in [1.29, 1.82) is 0 Å². The molecule has 0 radical (unpaired) electrons. The topological polar surface area (TPSA) is 91.8 Å². The second kappa shape index (κ2) is 11.0. The quantitative estimate of drug-likeness (QED) is 0.253. The van der Waals surface area contributed by atoms with E-state index in [0.29, 0.717) is 12.4 Å². The van der Waals surface area contributed by atoms with E-state index in [-0.39, 0.29) is 5.97 Å². The summed E-state index contributed by atoms with van der Waals surface area (Å²) >= 11 is 0. The molecule has 0 amide bonds. The van der Waals surface area contributed by atoms with Crippen LogP contribution in [0.1, 0.15) is 30.9 Å². The number of likely N-dealkylation sites (tertiary alicyclic amines) is 1. The van der Waals surface area contributed by atoms with Crippen molar-refractivity contribution < 1.29 is 19.7 Å². The van der Waals surface area contributed by atoms with Crippen molar-refractivity contribution >= 4 is 29.0 Å². The predicted octanol–water partition coefficient (Wildman–Crippen LogP) is 4.37. The SMILES string of the molecule is CC(=O)Oc1ccc(C)c(-c2cc(C)c3c(c2)N[NH2+]C(Nc2ccc(OCCN4CCCC4)cc2)=N3)c1. The first-order valence-corrected chi connectivity index (χ1v) is 12.8. The zero-order valence-corrected chi connectivity index (χ0v) is 21.6. The van der Waals surface area contributed by atoms with Gasteiger partial charge >= 0.3 is 11.9 Å². The molecule has 0 saturated carbocycles. The van der Waals surface area contributed by atoms with Crippen LogP contribution in [-0.4, -0.2) is 43.1 Å². The number of fused-ring (bicyclic) bond motifs is 1. The van der Waals surface area contributed by atoms with Gasteiger partial charge in [0.15, 0.2) is 0 Å². The molecule has 0 unspecified atom stereocenters. The van der Waals surface area contributed by atoms with Crippen molar-refractivity contribution in [2.75, 3.05) is 37.0 Å². The Bertz CT molecular complexity index is 1310. The number of nitrogens with zero attached hydrogens (tertiary/aromatic N) is 2. The highest BCUT2D eigenvalue weighted by atomic mass is 16.5. The number of ether oxygens (including phenoxy) is 2. The lowest BCUT2D eigenvalue weighted by Crippen LogP contribution is -2.94. The molecule has 192 valence electrons. The largest absolute Gasteiger partial charge is 0.492 e. The van der Waals surface area contributed by atoms with Crippen molar-refractivity contribution in [2.24, 2.45) is 4.99 Å². The van der Waals surface area contributed by atoms with Gasteiger partial charge in [0.2, 0.25) is 0 Å². The number of carbonyl (C=O) groups excluding carboxylic acids is 1. The molecular formula is C29H34N5O3+. The summed E-state index contributed by atoms with van der Waals surface area (Å²) in [5.41, 5.74) is 12.2. The molecule has 2 heterocycles. The molecule has 0 aliphatic carbocycles. The summed E-state index contributed by atoms with van der Waals surface area (Å²) in [6.07, 6.45) is 2.60. The molecule has 37 heavy (non-hydrogen) atoms. The molecule has 5 rings (SSSR count). The van der Waals surface area contributed by atoms with Crippen LogP contribution in [0.2, 0.25) is 0 Å². The van der Waals surface area contributed by atoms with Gasteiger partial charge in [-0.2, -0.15) is 10.4 Å². The number of aliphatic imine (C=N–C) groups is 1. The van der Waals surface area contributed by atoms with Crippen molar-refractivity contribution in [3.05, 3.63) is 65.7 Å². The Morgan fingerprint density at radius 3 is 2.54 bits per heavy atom. The lowest BCUT2D eigenvalue weighted by Gasteiger charge is -2.19. The molecule has 3 aromatic rings. The molecule has 0 spiro atoms. The summed E-state index contributed by atoms with van der Waals surface area (Å²) in [5, 5.41) is 3.38. The summed E-state index contributed by atoms with van der Waals surface area (Å²) in [5.74, 6) is 1.82. The van der Waals surface area contributed by atoms with Crippen molar-refractivity contribution in [1.82, 2.24) is 4.90 Å². The Kier molecular flexibility index (Phi) is 7.39. The molecule has 1 saturated heterocycles. The van der Waals surface area contributed by atoms with Gasteiger partial charge in [-0.15, -0.1) is 0 Å². The minimum absolute atomic E-state index is 0.332. The van der Waals surface area contributed by atoms with Gasteiger partial charge in [-0.05, 0) is 111 Å². The number of rotatable bonds is 7. The van der Waals surface area contributed by atoms with Crippen LogP contribution in [0.4, 0.5) is 17.1 Å². The number of carbonyl (C=O) groups is 1. The number of anilines is 2. The fraction of sp³-hybridized carbons (Fsp3) is 0.310. The molecule has 4 N–H and O–H groups in total. The smallest absolute Gasteiger partial charge is 0.329 e. The van der Waals surface area contributed by atoms with Crippen LogP contribution >= 0.6 is 0 Å². The summed E-state index contributed by atoms with van der Waals surface area (Å²) in [7, 11) is 0. The van der Waals surface area contributed by atoms with Crippen LogP contribution < -0.4 is 25.6 Å². The number of guanidine groups is 1. The Balaban J connectivity index is 1.26. The molecule has 8 heteroatoms. The number of hydrogen-bond acceptors (Lipinski definition) is 7. The number of esters is 1. The van der Waals surface area contributed by atoms with Crippen molar-refractivity contribution in [2.45, 2.75) is 33.6 Å². The van der Waals surface area contributed by atoms with Gasteiger partial charge in [0.05, 0.1) is 0 Å². The van der Waals surface area contributed by atoms with Crippen LogP contribution in [0.15, 0.2) is 59.6 Å². The molecule has 1 fully saturated rings. The molecule has 0 atom stereocenters. The van der Waals surface area contributed by atoms with Crippen LogP contribution in [0, 0.1) is 13.8 Å². The standard InChI is InChI=1S/C29H33N5O3/c1-19-6-9-25(37-21(3)35)18-26(19)22-16-20(2)28-27(17-22)32-33-29(31-28)30-23-7-10-24(11-8-23)36-15-14-34-12-4-5-13-34/h6-11,16-18,32H,4-5,12-15H2,1-3H3,(H2,30,31,33)/p+1. The van der Waals surface area contributed by atoms with Gasteiger partial charge in [-0.25, -0.2) is 5.43 Å². The highest BCUT2D eigenvalue weighted by Gasteiger charge is 2.19. The van der Waals surface area contributed by atoms with Crippen molar-refractivity contribution in [3.8, 4) is 22.6 Å². The number of aryl methyl sites for hydroxylation is 2. The summed E-state index contributed by atoms with van der Waals surface area (Å²) in [6.45, 7) is 9.57. The zero-order valence-electron chi connectivity index (χ0n) is 21.6. The molecule has 2 aliphatic rings. The third-order valence-electron chi connectivity index (χ3n) is 6.68. The Hall–Kier alpha value is -3.88. The van der Waals surface area contributed by atoms with Gasteiger partial charge in [0, 0.05) is 19.2 Å². The van der Waals surface area contributed by atoms with E-state index in [1.165, 1.54) is 32.9 Å². The second-order valence-corrected chi connectivity index (χ2v) is 9.59. The Morgan fingerprint density at radius 1 is 1.03 bits per heavy atom. The van der Waals surface area contributed by atoms with Crippen LogP contribution in [0.3, 0.4) is 0 Å². The normalized spacial score (nSPS) is 14.9. The van der Waals surface area contributed by atoms with E-state index in [2.05, 4.69) is 34.7 Å². The number of nitrogens with one attached hydrogen (secondary N) is 2. The van der Waals surface area contributed by atoms with Gasteiger partial charge < -0.3 is 9.47 Å². The monoisotopic (exact) mass is 500 g/mol. The maximum atomic E-state index is 11.4. The fourth-order valence-electron chi connectivity index (χ4n) is 4.78. The number of hydrogen-bond donors (Lipinski definition) is 3. The first kappa shape index (κ1) is 24.8. The third kappa shape index (κ3) is 6.10. The first-order valence-electron chi connectivity index (χ1n) is 12.8. The van der Waals surface area contributed by atoms with E-state index in [1.54, 1.807) is 0 Å². The van der Waals surface area contributed by atoms with E-state index in [9.17, 15) is 4.79 Å². The van der Waals surface area contributed by atoms with E-state index in [1.807, 2.05) is 54.8 Å². The van der Waals surface area contributed by atoms with Gasteiger partial charge in [0.1, 0.15) is 29.5 Å². The summed E-state index contributed by atoms with van der Waals surface area (Å²) in [4.78, 5) is 18.7. The minimum atomic E-state index is -0.332. The van der Waals surface area contributed by atoms with Gasteiger partial charge in [-0.1, -0.05) is 6.07 Å². The average molecular weight is 501 g/mol. The van der Waals surface area contributed by atoms with E-state index >= 15 is 0 Å². The van der Waals surface area contributed by atoms with Gasteiger partial charge in [-0.3, -0.25) is 15.0 Å². The Morgan fingerprint density at radius 2 is 1.78 bits per heavy atom.